The van der Waals surface area contributed by atoms with Gasteiger partial charge in [0.1, 0.15) is 24.7 Å². The SMILES string of the molecule is Cc1cc(-c2cc(Nc3ccc(N4CCN(CC5CN(c6ccc(N7CCC(=O)N(COCC[Si](C)(C)C)C7=O)cc6)C5)CC4)cn3)ncn2)ccc1[C@@H](C)NC(=O)c1nc(C(C)(C)C)no1. The van der Waals surface area contributed by atoms with Crippen LogP contribution in [0.15, 0.2) is 77.7 Å². The number of carbonyl (C=O) groups is 3. The lowest BCUT2D eigenvalue weighted by atomic mass is 9.96. The van der Waals surface area contributed by atoms with E-state index in [1.807, 2.05) is 77.2 Å². The van der Waals surface area contributed by atoms with Crippen molar-refractivity contribution in [1.82, 2.24) is 40.2 Å². The number of nitrogens with zero attached hydrogens (tertiary/aromatic N) is 10. The third-order valence-electron chi connectivity index (χ3n) is 12.6. The number of nitrogens with one attached hydrogen (secondary N) is 2. The smallest absolute Gasteiger partial charge is 0.333 e. The average molecular weight is 929 g/mol. The summed E-state index contributed by atoms with van der Waals surface area (Å²) in [7, 11) is -1.26. The van der Waals surface area contributed by atoms with Crippen molar-refractivity contribution in [2.24, 2.45) is 5.92 Å². The molecule has 1 atom stereocenters. The zero-order valence-electron chi connectivity index (χ0n) is 40.1. The molecule has 3 aliphatic rings. The van der Waals surface area contributed by atoms with Gasteiger partial charge in [-0.3, -0.25) is 19.4 Å². The fourth-order valence-electron chi connectivity index (χ4n) is 8.52. The Morgan fingerprint density at radius 2 is 1.61 bits per heavy atom. The van der Waals surface area contributed by atoms with E-state index in [0.29, 0.717) is 36.5 Å². The summed E-state index contributed by atoms with van der Waals surface area (Å²) in [5, 5.41) is 10.3. The molecule has 0 radical (unpaired) electrons. The molecule has 5 aromatic rings. The van der Waals surface area contributed by atoms with Gasteiger partial charge in [-0.15, -0.1) is 0 Å². The van der Waals surface area contributed by atoms with E-state index in [4.69, 9.17) is 14.2 Å². The first kappa shape index (κ1) is 47.3. The molecule has 2 aromatic carbocycles. The molecule has 0 saturated carbocycles. The Labute approximate surface area is 394 Å². The van der Waals surface area contributed by atoms with Crippen molar-refractivity contribution in [1.29, 1.82) is 0 Å². The number of piperazine rings is 1. The van der Waals surface area contributed by atoms with Crippen molar-refractivity contribution >= 4 is 54.6 Å². The summed E-state index contributed by atoms with van der Waals surface area (Å²) in [4.78, 5) is 67.0. The third kappa shape index (κ3) is 11.7. The van der Waals surface area contributed by atoms with Gasteiger partial charge in [-0.25, -0.2) is 24.6 Å². The van der Waals surface area contributed by atoms with Gasteiger partial charge in [0.15, 0.2) is 5.82 Å². The minimum Gasteiger partial charge on any atom is -0.371 e. The Bertz CT molecular complexity index is 2530. The molecule has 354 valence electrons. The summed E-state index contributed by atoms with van der Waals surface area (Å²) in [5.41, 5.74) is 6.37. The first-order valence-corrected chi connectivity index (χ1v) is 27.0. The van der Waals surface area contributed by atoms with Crippen molar-refractivity contribution < 1.29 is 23.6 Å². The summed E-state index contributed by atoms with van der Waals surface area (Å²) in [6.07, 6.45) is 3.75. The molecular weight excluding hydrogens is 865 g/mol. The van der Waals surface area contributed by atoms with Gasteiger partial charge in [0, 0.05) is 108 Å². The first-order valence-electron chi connectivity index (χ1n) is 23.3. The number of benzene rings is 2. The number of rotatable bonds is 16. The van der Waals surface area contributed by atoms with E-state index in [0.717, 1.165) is 91.3 Å². The van der Waals surface area contributed by atoms with E-state index in [2.05, 4.69) is 89.3 Å². The normalized spacial score (nSPS) is 16.9. The van der Waals surface area contributed by atoms with Crippen LogP contribution < -0.4 is 25.3 Å². The lowest BCUT2D eigenvalue weighted by molar-refractivity contribution is -0.133. The molecule has 0 aliphatic carbocycles. The van der Waals surface area contributed by atoms with Crippen molar-refractivity contribution in [2.75, 3.05) is 85.7 Å². The van der Waals surface area contributed by atoms with E-state index in [1.54, 1.807) is 11.2 Å². The number of urea groups is 1. The quantitative estimate of drug-likeness (QED) is 0.0735. The molecule has 3 aromatic heterocycles. The molecule has 0 unspecified atom stereocenters. The lowest BCUT2D eigenvalue weighted by Gasteiger charge is -2.45. The molecule has 18 heteroatoms. The Morgan fingerprint density at radius 3 is 2.28 bits per heavy atom. The van der Waals surface area contributed by atoms with Gasteiger partial charge in [0.2, 0.25) is 5.91 Å². The zero-order valence-corrected chi connectivity index (χ0v) is 41.1. The van der Waals surface area contributed by atoms with Crippen LogP contribution in [0.4, 0.5) is 33.5 Å². The van der Waals surface area contributed by atoms with Gasteiger partial charge in [-0.1, -0.05) is 57.7 Å². The average Bonchev–Trinajstić information content (AvgIpc) is 3.80. The van der Waals surface area contributed by atoms with E-state index in [9.17, 15) is 14.4 Å². The van der Waals surface area contributed by atoms with E-state index in [-0.39, 0.29) is 42.4 Å². The predicted molar refractivity (Wildman–Crippen MR) is 263 cm³/mol. The highest BCUT2D eigenvalue weighted by Gasteiger charge is 2.34. The fourth-order valence-corrected chi connectivity index (χ4v) is 9.28. The number of hydrogen-bond acceptors (Lipinski definition) is 14. The second-order valence-electron chi connectivity index (χ2n) is 20.2. The van der Waals surface area contributed by atoms with Gasteiger partial charge in [-0.2, -0.15) is 4.98 Å². The number of amides is 4. The van der Waals surface area contributed by atoms with Crippen LogP contribution in [-0.4, -0.2) is 127 Å². The van der Waals surface area contributed by atoms with E-state index in [1.165, 1.54) is 4.90 Å². The second kappa shape index (κ2) is 19.9. The number of hydrogen-bond donors (Lipinski definition) is 2. The highest BCUT2D eigenvalue weighted by Crippen LogP contribution is 2.31. The Balaban J connectivity index is 0.764. The maximum atomic E-state index is 13.3. The van der Waals surface area contributed by atoms with E-state index >= 15 is 0 Å². The van der Waals surface area contributed by atoms with Crippen molar-refractivity contribution in [3.8, 4) is 11.3 Å². The number of anilines is 5. The van der Waals surface area contributed by atoms with Crippen LogP contribution in [0, 0.1) is 12.8 Å². The first-order chi connectivity index (χ1) is 32.0. The second-order valence-corrected chi connectivity index (χ2v) is 25.8. The molecule has 6 heterocycles. The van der Waals surface area contributed by atoms with Crippen LogP contribution in [0.3, 0.4) is 0 Å². The number of aryl methyl sites for hydroxylation is 1. The largest absolute Gasteiger partial charge is 0.371 e. The van der Waals surface area contributed by atoms with Gasteiger partial charge < -0.3 is 29.7 Å². The molecule has 17 nitrogen and oxygen atoms in total. The van der Waals surface area contributed by atoms with Crippen LogP contribution >= 0.6 is 0 Å². The maximum absolute atomic E-state index is 13.3. The van der Waals surface area contributed by atoms with E-state index < -0.39 is 14.0 Å². The Kier molecular flexibility index (Phi) is 14.1. The maximum Gasteiger partial charge on any atom is 0.333 e. The third-order valence-corrected chi connectivity index (χ3v) is 14.3. The molecule has 8 rings (SSSR count). The Morgan fingerprint density at radius 1 is 0.881 bits per heavy atom. The van der Waals surface area contributed by atoms with Crippen LogP contribution in [0.2, 0.25) is 25.7 Å². The molecule has 2 N–H and O–H groups in total. The van der Waals surface area contributed by atoms with Gasteiger partial charge >= 0.3 is 17.8 Å². The number of aromatic nitrogens is 5. The highest BCUT2D eigenvalue weighted by molar-refractivity contribution is 6.76. The molecule has 3 aliphatic heterocycles. The molecule has 4 amide bonds. The summed E-state index contributed by atoms with van der Waals surface area (Å²) in [5.74, 6) is 1.76. The number of carbonyl (C=O) groups excluding carboxylic acids is 3. The van der Waals surface area contributed by atoms with Crippen LogP contribution in [0.5, 0.6) is 0 Å². The minimum absolute atomic E-state index is 0.00674. The summed E-state index contributed by atoms with van der Waals surface area (Å²) in [6.45, 7) is 24.5. The molecule has 0 bridgehead atoms. The number of ether oxygens (including phenoxy) is 1. The number of imide groups is 1. The monoisotopic (exact) mass is 928 g/mol. The van der Waals surface area contributed by atoms with Crippen molar-refractivity contribution in [3.63, 3.8) is 0 Å². The van der Waals surface area contributed by atoms with Crippen LogP contribution in [0.1, 0.15) is 67.8 Å². The van der Waals surface area contributed by atoms with Crippen LogP contribution in [-0.2, 0) is 14.9 Å². The molecule has 0 spiro atoms. The van der Waals surface area contributed by atoms with Gasteiger partial charge in [-0.05, 0) is 73.5 Å². The molecular formula is C49H64N12O5Si. The highest BCUT2D eigenvalue weighted by atomic mass is 28.3. The topological polar surface area (TPSA) is 178 Å². The zero-order chi connectivity index (χ0) is 47.5. The summed E-state index contributed by atoms with van der Waals surface area (Å²) >= 11 is 0. The molecule has 67 heavy (non-hydrogen) atoms. The van der Waals surface area contributed by atoms with Gasteiger partial charge in [0.25, 0.3) is 0 Å². The predicted octanol–water partition coefficient (Wildman–Crippen LogP) is 7.49. The van der Waals surface area contributed by atoms with Crippen molar-refractivity contribution in [2.45, 2.75) is 78.2 Å². The molecule has 3 saturated heterocycles. The number of pyridine rings is 1. The van der Waals surface area contributed by atoms with Crippen LogP contribution in [0.25, 0.3) is 11.3 Å². The van der Waals surface area contributed by atoms with Crippen molar-refractivity contribution in [3.05, 3.63) is 96.0 Å². The summed E-state index contributed by atoms with van der Waals surface area (Å²) in [6, 6.07) is 20.6. The Hall–Kier alpha value is -6.24. The summed E-state index contributed by atoms with van der Waals surface area (Å²) < 4.78 is 11.0. The minimum atomic E-state index is -1.26. The fraction of sp³-hybridized carbons (Fsp3) is 0.469. The standard InChI is InChI=1S/C49H64N12O5Si/c1-33-25-36(9-15-40(33)34(2)53-45(63)46-55-47(56-66-46)49(3,4)5)41-26-43(52-31-51-41)54-42-16-14-39(27-50-42)58-21-19-57(20-22-58)28-35-29-59(30-35)37-10-12-38(13-11-37)60-18-17-44(62)61(48(60)64)32-65-23-24-67(6,7)8/h9-16,25-27,31,34-35H,17-24,28-30,32H2,1-8H3,(H,53,63)(H,50,51,52,54)/t34-/m1/s1. The van der Waals surface area contributed by atoms with Gasteiger partial charge in [0.05, 0.1) is 23.6 Å². The molecule has 3 fully saturated rings. The lowest BCUT2D eigenvalue weighted by Crippen LogP contribution is -2.55.